The number of likely N-dealkylation sites (N-methyl/N-ethyl adjacent to an activating group) is 1. The second-order valence-corrected chi connectivity index (χ2v) is 9.02. The van der Waals surface area contributed by atoms with E-state index in [-0.39, 0.29) is 30.6 Å². The highest BCUT2D eigenvalue weighted by Crippen LogP contribution is 2.23. The highest BCUT2D eigenvalue weighted by molar-refractivity contribution is 7.91. The fraction of sp³-hybridized carbons (Fsp3) is 0.933. The van der Waals surface area contributed by atoms with Crippen LogP contribution in [-0.4, -0.2) is 67.3 Å². The SMILES string of the molecule is CC(C(C)S(C)(=O)=O)N(C)CC(=O)N1C(C)CCCC1C. The van der Waals surface area contributed by atoms with Crippen molar-refractivity contribution in [1.82, 2.24) is 9.80 Å². The van der Waals surface area contributed by atoms with E-state index in [4.69, 9.17) is 0 Å². The second-order valence-electron chi connectivity index (χ2n) is 6.62. The lowest BCUT2D eigenvalue weighted by Gasteiger charge is -2.40. The van der Waals surface area contributed by atoms with Crippen molar-refractivity contribution in [2.24, 2.45) is 0 Å². The maximum Gasteiger partial charge on any atom is 0.237 e. The fourth-order valence-corrected chi connectivity index (χ4v) is 3.99. The smallest absolute Gasteiger partial charge is 0.237 e. The van der Waals surface area contributed by atoms with Gasteiger partial charge in [-0.05, 0) is 54.0 Å². The molecule has 0 saturated carbocycles. The largest absolute Gasteiger partial charge is 0.336 e. The molecule has 0 spiro atoms. The van der Waals surface area contributed by atoms with Gasteiger partial charge >= 0.3 is 0 Å². The minimum Gasteiger partial charge on any atom is -0.336 e. The van der Waals surface area contributed by atoms with E-state index in [1.54, 1.807) is 6.92 Å². The van der Waals surface area contributed by atoms with Crippen LogP contribution in [0, 0.1) is 0 Å². The summed E-state index contributed by atoms with van der Waals surface area (Å²) in [5.74, 6) is 0.102. The summed E-state index contributed by atoms with van der Waals surface area (Å²) in [6.45, 7) is 8.02. The number of carbonyl (C=O) groups is 1. The average Bonchev–Trinajstić information content (AvgIpc) is 2.35. The maximum absolute atomic E-state index is 12.5. The molecule has 1 aliphatic heterocycles. The fourth-order valence-electron chi connectivity index (χ4n) is 3.07. The van der Waals surface area contributed by atoms with Crippen LogP contribution < -0.4 is 0 Å². The first-order chi connectivity index (χ1) is 9.55. The summed E-state index contributed by atoms with van der Waals surface area (Å²) in [6, 6.07) is 0.369. The Labute approximate surface area is 129 Å². The number of hydrogen-bond donors (Lipinski definition) is 0. The predicted molar refractivity (Wildman–Crippen MR) is 86.0 cm³/mol. The van der Waals surface area contributed by atoms with Gasteiger partial charge in [0.25, 0.3) is 0 Å². The third-order valence-electron chi connectivity index (χ3n) is 4.92. The Balaban J connectivity index is 2.69. The monoisotopic (exact) mass is 318 g/mol. The van der Waals surface area contributed by atoms with E-state index in [1.165, 1.54) is 12.7 Å². The molecular formula is C15H30N2O3S. The minimum atomic E-state index is -3.10. The molecule has 21 heavy (non-hydrogen) atoms. The molecule has 1 aliphatic rings. The molecule has 6 heteroatoms. The molecule has 5 nitrogen and oxygen atoms in total. The van der Waals surface area contributed by atoms with Gasteiger partial charge < -0.3 is 4.90 Å². The zero-order chi connectivity index (χ0) is 16.4. The van der Waals surface area contributed by atoms with Crippen LogP contribution in [0.3, 0.4) is 0 Å². The number of likely N-dealkylation sites (tertiary alicyclic amines) is 1. The van der Waals surface area contributed by atoms with Gasteiger partial charge in [0.2, 0.25) is 5.91 Å². The Bertz CT molecular complexity index is 454. The third kappa shape index (κ3) is 4.68. The van der Waals surface area contributed by atoms with E-state index in [0.29, 0.717) is 0 Å². The molecule has 124 valence electrons. The van der Waals surface area contributed by atoms with E-state index in [2.05, 4.69) is 13.8 Å². The zero-order valence-corrected chi connectivity index (χ0v) is 15.0. The van der Waals surface area contributed by atoms with Crippen LogP contribution in [0.25, 0.3) is 0 Å². The van der Waals surface area contributed by atoms with E-state index in [9.17, 15) is 13.2 Å². The molecule has 1 heterocycles. The molecule has 1 saturated heterocycles. The Morgan fingerprint density at radius 3 is 2.14 bits per heavy atom. The summed E-state index contributed by atoms with van der Waals surface area (Å²) in [5, 5.41) is -0.480. The molecule has 0 aromatic heterocycles. The van der Waals surface area contributed by atoms with Crippen LogP contribution >= 0.6 is 0 Å². The first-order valence-electron chi connectivity index (χ1n) is 7.76. The molecule has 4 atom stereocenters. The maximum atomic E-state index is 12.5. The number of carbonyl (C=O) groups excluding carboxylic acids is 1. The Kier molecular flexibility index (Phi) is 6.23. The summed E-state index contributed by atoms with van der Waals surface area (Å²) < 4.78 is 23.3. The van der Waals surface area contributed by atoms with Gasteiger partial charge in [0.15, 0.2) is 9.84 Å². The molecule has 1 fully saturated rings. The predicted octanol–water partition coefficient (Wildman–Crippen LogP) is 1.53. The summed E-state index contributed by atoms with van der Waals surface area (Å²) in [4.78, 5) is 16.4. The lowest BCUT2D eigenvalue weighted by Crippen LogP contribution is -2.52. The van der Waals surface area contributed by atoms with Crippen molar-refractivity contribution >= 4 is 15.7 Å². The van der Waals surface area contributed by atoms with Gasteiger partial charge in [0, 0.05) is 24.4 Å². The Morgan fingerprint density at radius 2 is 1.71 bits per heavy atom. The van der Waals surface area contributed by atoms with Gasteiger partial charge in [-0.25, -0.2) is 8.42 Å². The number of piperidine rings is 1. The highest BCUT2D eigenvalue weighted by atomic mass is 32.2. The highest BCUT2D eigenvalue weighted by Gasteiger charge is 2.31. The van der Waals surface area contributed by atoms with Crippen LogP contribution in [0.2, 0.25) is 0 Å². The van der Waals surface area contributed by atoms with Crippen molar-refractivity contribution in [3.8, 4) is 0 Å². The number of nitrogens with zero attached hydrogens (tertiary/aromatic N) is 2. The van der Waals surface area contributed by atoms with Gasteiger partial charge in [-0.1, -0.05) is 0 Å². The lowest BCUT2D eigenvalue weighted by molar-refractivity contribution is -0.138. The van der Waals surface area contributed by atoms with Crippen LogP contribution in [0.5, 0.6) is 0 Å². The summed E-state index contributed by atoms with van der Waals surface area (Å²) in [5.41, 5.74) is 0. The van der Waals surface area contributed by atoms with Crippen molar-refractivity contribution < 1.29 is 13.2 Å². The Hall–Kier alpha value is -0.620. The zero-order valence-electron chi connectivity index (χ0n) is 14.2. The molecule has 0 aromatic rings. The van der Waals surface area contributed by atoms with Crippen molar-refractivity contribution in [3.63, 3.8) is 0 Å². The molecule has 4 unspecified atom stereocenters. The van der Waals surface area contributed by atoms with Gasteiger partial charge in [0.1, 0.15) is 0 Å². The van der Waals surface area contributed by atoms with Gasteiger partial charge in [-0.3, -0.25) is 9.69 Å². The Morgan fingerprint density at radius 1 is 1.24 bits per heavy atom. The van der Waals surface area contributed by atoms with Crippen molar-refractivity contribution in [3.05, 3.63) is 0 Å². The number of amides is 1. The van der Waals surface area contributed by atoms with Crippen molar-refractivity contribution in [2.45, 2.75) is 70.3 Å². The van der Waals surface area contributed by atoms with Crippen LogP contribution in [0.1, 0.15) is 47.0 Å². The van der Waals surface area contributed by atoms with Crippen LogP contribution in [-0.2, 0) is 14.6 Å². The number of sulfone groups is 1. The van der Waals surface area contributed by atoms with E-state index >= 15 is 0 Å². The first kappa shape index (κ1) is 18.4. The summed E-state index contributed by atoms with van der Waals surface area (Å²) in [6.07, 6.45) is 4.52. The number of rotatable bonds is 5. The molecule has 0 aliphatic carbocycles. The minimum absolute atomic E-state index is 0.102. The van der Waals surface area contributed by atoms with Crippen molar-refractivity contribution in [2.75, 3.05) is 19.8 Å². The van der Waals surface area contributed by atoms with Crippen molar-refractivity contribution in [1.29, 1.82) is 0 Å². The molecular weight excluding hydrogens is 288 g/mol. The second kappa shape index (κ2) is 7.09. The van der Waals surface area contributed by atoms with Crippen LogP contribution in [0.15, 0.2) is 0 Å². The quantitative estimate of drug-likeness (QED) is 0.771. The topological polar surface area (TPSA) is 57.7 Å². The number of hydrogen-bond acceptors (Lipinski definition) is 4. The van der Waals surface area contributed by atoms with E-state index < -0.39 is 15.1 Å². The molecule has 0 N–H and O–H groups in total. The molecule has 1 amide bonds. The van der Waals surface area contributed by atoms with Gasteiger partial charge in [-0.2, -0.15) is 0 Å². The first-order valence-corrected chi connectivity index (χ1v) is 9.71. The van der Waals surface area contributed by atoms with E-state index in [1.807, 2.05) is 23.8 Å². The molecule has 0 aromatic carbocycles. The standard InChI is InChI=1S/C15H30N2O3S/c1-11-8-7-9-12(2)17(11)15(18)10-16(5)13(3)14(4)21(6,19)20/h11-14H,7-10H2,1-6H3. The van der Waals surface area contributed by atoms with Gasteiger partial charge in [0.05, 0.1) is 11.8 Å². The molecule has 0 bridgehead atoms. The third-order valence-corrected chi connectivity index (χ3v) is 6.66. The summed E-state index contributed by atoms with van der Waals surface area (Å²) in [7, 11) is -1.27. The molecule has 0 radical (unpaired) electrons. The average molecular weight is 318 g/mol. The van der Waals surface area contributed by atoms with Gasteiger partial charge in [-0.15, -0.1) is 0 Å². The van der Waals surface area contributed by atoms with Crippen LogP contribution in [0.4, 0.5) is 0 Å². The summed E-state index contributed by atoms with van der Waals surface area (Å²) >= 11 is 0. The van der Waals surface area contributed by atoms with E-state index in [0.717, 1.165) is 12.8 Å². The lowest BCUT2D eigenvalue weighted by atomic mass is 9.97. The normalized spacial score (nSPS) is 26.7. The molecule has 1 rings (SSSR count).